The predicted molar refractivity (Wildman–Crippen MR) is 112 cm³/mol. The van der Waals surface area contributed by atoms with Gasteiger partial charge in [0.1, 0.15) is 17.4 Å². The lowest BCUT2D eigenvalue weighted by Crippen LogP contribution is -2.19. The van der Waals surface area contributed by atoms with Crippen molar-refractivity contribution >= 4 is 52.5 Å². The molecule has 10 heteroatoms. The van der Waals surface area contributed by atoms with Crippen LogP contribution in [0.2, 0.25) is 5.02 Å². The van der Waals surface area contributed by atoms with Gasteiger partial charge in [-0.15, -0.1) is 0 Å². The number of phenols is 1. The van der Waals surface area contributed by atoms with E-state index in [0.29, 0.717) is 39.4 Å². The molecule has 1 aliphatic carbocycles. The fourth-order valence-electron chi connectivity index (χ4n) is 3.24. The Morgan fingerprint density at radius 3 is 2.80 bits per heavy atom. The number of anilines is 3. The molecule has 9 nitrogen and oxygen atoms in total. The minimum absolute atomic E-state index is 0.0322. The topological polar surface area (TPSA) is 121 Å². The number of hydrogen-bond donors (Lipinski definition) is 4. The summed E-state index contributed by atoms with van der Waals surface area (Å²) in [6, 6.07) is 6.83. The molecule has 2 fully saturated rings. The molecule has 30 heavy (non-hydrogen) atoms. The number of aromatic hydroxyl groups is 1. The first-order valence-corrected chi connectivity index (χ1v) is 9.80. The Bertz CT molecular complexity index is 1230. The third-order valence-corrected chi connectivity index (χ3v) is 5.18. The normalized spacial score (nSPS) is 17.6. The maximum absolute atomic E-state index is 11.9. The third-order valence-electron chi connectivity index (χ3n) is 4.87. The number of aromatic nitrogens is 3. The van der Waals surface area contributed by atoms with E-state index in [2.05, 4.69) is 26.0 Å². The number of rotatable bonds is 5. The number of nitrogens with zero attached hydrogens (tertiary/aromatic N) is 3. The van der Waals surface area contributed by atoms with Crippen LogP contribution in [0.5, 0.6) is 5.75 Å². The molecule has 2 amide bonds. The minimum Gasteiger partial charge on any atom is -0.508 e. The molecule has 3 aromatic rings. The predicted octanol–water partition coefficient (Wildman–Crippen LogP) is 2.84. The first-order chi connectivity index (χ1) is 14.5. The second kappa shape index (κ2) is 7.03. The van der Waals surface area contributed by atoms with Gasteiger partial charge >= 0.3 is 0 Å². The molecule has 0 bridgehead atoms. The Morgan fingerprint density at radius 1 is 1.27 bits per heavy atom. The monoisotopic (exact) mass is 424 g/mol. The molecule has 2 aromatic heterocycles. The van der Waals surface area contributed by atoms with Crippen molar-refractivity contribution in [3.05, 3.63) is 46.6 Å². The van der Waals surface area contributed by atoms with Crippen molar-refractivity contribution in [3.8, 4) is 5.75 Å². The van der Waals surface area contributed by atoms with Crippen molar-refractivity contribution in [2.24, 2.45) is 0 Å². The summed E-state index contributed by atoms with van der Waals surface area (Å²) >= 11 is 6.22. The number of fused-ring (bicyclic) bond motifs is 1. The molecule has 1 aliphatic heterocycles. The number of imide groups is 1. The van der Waals surface area contributed by atoms with Crippen molar-refractivity contribution in [2.75, 3.05) is 10.6 Å². The van der Waals surface area contributed by atoms with Crippen LogP contribution in [0.4, 0.5) is 17.3 Å². The molecule has 1 aromatic carbocycles. The van der Waals surface area contributed by atoms with Crippen LogP contribution in [0.1, 0.15) is 24.8 Å². The van der Waals surface area contributed by atoms with Crippen LogP contribution in [0, 0.1) is 0 Å². The lowest BCUT2D eigenvalue weighted by Gasteiger charge is -2.12. The van der Waals surface area contributed by atoms with Crippen LogP contribution in [-0.2, 0) is 9.59 Å². The van der Waals surface area contributed by atoms with Crippen LogP contribution in [-0.4, -0.2) is 37.6 Å². The van der Waals surface area contributed by atoms with Gasteiger partial charge in [-0.25, -0.2) is 4.98 Å². The standard InChI is InChI=1S/C20H17ClN6O3/c21-14-7-13(28)3-4-15(14)24-16-8-17(23-12-1-2-12)27-19(25-16)11(9-22-27)5-10-6-18(29)26-20(10)30/h3-5,7-9,12,23,28H,1-2,6H2,(H,24,25)(H,26,29,30). The molecule has 0 atom stereocenters. The number of carbonyl (C=O) groups excluding carboxylic acids is 2. The molecule has 152 valence electrons. The molecule has 1 saturated carbocycles. The lowest BCUT2D eigenvalue weighted by molar-refractivity contribution is -0.124. The second-order valence-corrected chi connectivity index (χ2v) is 7.70. The Labute approximate surface area is 175 Å². The molecular formula is C20H17ClN6O3. The number of phenolic OH excluding ortho intramolecular Hbond substituents is 1. The molecule has 0 radical (unpaired) electrons. The van der Waals surface area contributed by atoms with Crippen molar-refractivity contribution in [2.45, 2.75) is 25.3 Å². The summed E-state index contributed by atoms with van der Waals surface area (Å²) in [6.07, 6.45) is 5.44. The molecule has 4 N–H and O–H groups in total. The van der Waals surface area contributed by atoms with E-state index in [-0.39, 0.29) is 18.1 Å². The van der Waals surface area contributed by atoms with E-state index in [4.69, 9.17) is 11.6 Å². The molecule has 1 saturated heterocycles. The van der Waals surface area contributed by atoms with Gasteiger partial charge in [0.15, 0.2) is 5.65 Å². The smallest absolute Gasteiger partial charge is 0.254 e. The van der Waals surface area contributed by atoms with Crippen LogP contribution in [0.15, 0.2) is 36.0 Å². The number of nitrogens with one attached hydrogen (secondary N) is 3. The van der Waals surface area contributed by atoms with E-state index in [0.717, 1.165) is 18.7 Å². The van der Waals surface area contributed by atoms with Gasteiger partial charge in [-0.2, -0.15) is 9.61 Å². The summed E-state index contributed by atoms with van der Waals surface area (Å²) in [4.78, 5) is 28.1. The van der Waals surface area contributed by atoms with Crippen molar-refractivity contribution < 1.29 is 14.7 Å². The molecule has 0 unspecified atom stereocenters. The Balaban J connectivity index is 1.58. The first-order valence-electron chi connectivity index (χ1n) is 9.42. The highest BCUT2D eigenvalue weighted by Crippen LogP contribution is 2.31. The lowest BCUT2D eigenvalue weighted by atomic mass is 10.1. The van der Waals surface area contributed by atoms with Gasteiger partial charge in [0.05, 0.1) is 23.3 Å². The Hall–Kier alpha value is -3.59. The minimum atomic E-state index is -0.402. The Kier molecular flexibility index (Phi) is 4.32. The van der Waals surface area contributed by atoms with Gasteiger partial charge in [0.25, 0.3) is 5.91 Å². The van der Waals surface area contributed by atoms with Gasteiger partial charge in [-0.05, 0) is 31.1 Å². The first kappa shape index (κ1) is 18.4. The average Bonchev–Trinajstić information content (AvgIpc) is 3.33. The summed E-state index contributed by atoms with van der Waals surface area (Å²) in [5, 5.41) is 23.2. The second-order valence-electron chi connectivity index (χ2n) is 7.29. The number of amides is 2. The number of hydrogen-bond acceptors (Lipinski definition) is 7. The fraction of sp³-hybridized carbons (Fsp3) is 0.200. The largest absolute Gasteiger partial charge is 0.508 e. The van der Waals surface area contributed by atoms with E-state index in [1.54, 1.807) is 22.9 Å². The van der Waals surface area contributed by atoms with Crippen LogP contribution >= 0.6 is 11.6 Å². The summed E-state index contributed by atoms with van der Waals surface area (Å²) in [5.41, 5.74) is 2.10. The highest BCUT2D eigenvalue weighted by molar-refractivity contribution is 6.33. The van der Waals surface area contributed by atoms with Gasteiger partial charge < -0.3 is 15.7 Å². The van der Waals surface area contributed by atoms with E-state index in [9.17, 15) is 14.7 Å². The zero-order chi connectivity index (χ0) is 20.8. The number of halogens is 1. The Morgan fingerprint density at radius 2 is 2.10 bits per heavy atom. The maximum atomic E-state index is 11.9. The highest BCUT2D eigenvalue weighted by Gasteiger charge is 2.25. The van der Waals surface area contributed by atoms with Crippen molar-refractivity contribution in [3.63, 3.8) is 0 Å². The van der Waals surface area contributed by atoms with Crippen molar-refractivity contribution in [1.29, 1.82) is 0 Å². The molecule has 2 aliphatic rings. The summed E-state index contributed by atoms with van der Waals surface area (Å²) < 4.78 is 1.67. The maximum Gasteiger partial charge on any atom is 0.254 e. The summed E-state index contributed by atoms with van der Waals surface area (Å²) in [5.74, 6) is 0.609. The molecule has 5 rings (SSSR count). The fourth-order valence-corrected chi connectivity index (χ4v) is 3.46. The SMILES string of the molecule is O=C1CC(=Cc2cnn3c(NC4CC4)cc(Nc4ccc(O)cc4Cl)nc23)C(=O)N1. The van der Waals surface area contributed by atoms with Crippen LogP contribution in [0.25, 0.3) is 11.7 Å². The summed E-state index contributed by atoms with van der Waals surface area (Å²) in [7, 11) is 0. The van der Waals surface area contributed by atoms with E-state index in [1.165, 1.54) is 12.1 Å². The van der Waals surface area contributed by atoms with E-state index < -0.39 is 5.91 Å². The third kappa shape index (κ3) is 3.55. The summed E-state index contributed by atoms with van der Waals surface area (Å²) in [6.45, 7) is 0. The zero-order valence-electron chi connectivity index (χ0n) is 15.6. The van der Waals surface area contributed by atoms with Crippen LogP contribution in [0.3, 0.4) is 0 Å². The van der Waals surface area contributed by atoms with Gasteiger partial charge in [-0.1, -0.05) is 11.6 Å². The van der Waals surface area contributed by atoms with Gasteiger partial charge in [-0.3, -0.25) is 14.9 Å². The van der Waals surface area contributed by atoms with Crippen molar-refractivity contribution in [1.82, 2.24) is 19.9 Å². The van der Waals surface area contributed by atoms with Crippen LogP contribution < -0.4 is 16.0 Å². The number of benzene rings is 1. The average molecular weight is 425 g/mol. The molecular weight excluding hydrogens is 408 g/mol. The zero-order valence-corrected chi connectivity index (χ0v) is 16.4. The highest BCUT2D eigenvalue weighted by atomic mass is 35.5. The number of carbonyl (C=O) groups is 2. The molecule has 0 spiro atoms. The van der Waals surface area contributed by atoms with E-state index in [1.807, 2.05) is 6.07 Å². The quantitative estimate of drug-likeness (QED) is 0.282. The van der Waals surface area contributed by atoms with Gasteiger partial charge in [0, 0.05) is 29.3 Å². The molecule has 3 heterocycles. The van der Waals surface area contributed by atoms with Gasteiger partial charge in [0.2, 0.25) is 5.91 Å². The van der Waals surface area contributed by atoms with E-state index >= 15 is 0 Å².